The van der Waals surface area contributed by atoms with Gasteiger partial charge in [-0.15, -0.1) is 0 Å². The maximum Gasteiger partial charge on any atom is 0.416 e. The first-order valence-electron chi connectivity index (χ1n) is 9.73. The Morgan fingerprint density at radius 1 is 0.829 bits per heavy atom. The minimum atomic E-state index is -4.54. The molecule has 35 heavy (non-hydrogen) atoms. The van der Waals surface area contributed by atoms with E-state index in [1.54, 1.807) is 6.92 Å². The number of alkyl halides is 6. The van der Waals surface area contributed by atoms with Crippen molar-refractivity contribution < 1.29 is 40.6 Å². The molecule has 0 fully saturated rings. The van der Waals surface area contributed by atoms with Crippen LogP contribution in [0.25, 0.3) is 0 Å². The Morgan fingerprint density at radius 2 is 1.34 bits per heavy atom. The molecule has 3 N–H and O–H groups in total. The van der Waals surface area contributed by atoms with Crippen molar-refractivity contribution in [3.63, 3.8) is 0 Å². The van der Waals surface area contributed by atoms with Crippen LogP contribution >= 0.6 is 0 Å². The fourth-order valence-electron chi connectivity index (χ4n) is 2.79. The summed E-state index contributed by atoms with van der Waals surface area (Å²) in [4.78, 5) is 22.9. The largest absolute Gasteiger partial charge is 0.495 e. The summed E-state index contributed by atoms with van der Waals surface area (Å²) in [6.45, 7) is 1.77. The van der Waals surface area contributed by atoms with Gasteiger partial charge in [0.1, 0.15) is 17.2 Å². The predicted octanol–water partition coefficient (Wildman–Crippen LogP) is 4.75. The lowest BCUT2D eigenvalue weighted by Gasteiger charge is -2.17. The van der Waals surface area contributed by atoms with Crippen LogP contribution in [0.3, 0.4) is 0 Å². The molecule has 0 atom stereocenters. The van der Waals surface area contributed by atoms with Crippen molar-refractivity contribution in [3.05, 3.63) is 68.0 Å². The average Bonchev–Trinajstić information content (AvgIpc) is 2.80. The number of nitrogen functional groups attached to an aromatic ring is 1. The number of hydrogen-bond donors (Lipinski definition) is 2. The van der Waals surface area contributed by atoms with E-state index in [1.807, 2.05) is 0 Å². The number of hydrogen-bond acceptors (Lipinski definition) is 7. The van der Waals surface area contributed by atoms with Gasteiger partial charge in [0.05, 0.1) is 43.3 Å². The normalized spacial score (nSPS) is 11.5. The average molecular weight is 506 g/mol. The van der Waals surface area contributed by atoms with Crippen molar-refractivity contribution in [2.45, 2.75) is 19.3 Å². The number of nitrogens with one attached hydrogen (secondary N) is 1. The van der Waals surface area contributed by atoms with E-state index >= 15 is 0 Å². The van der Waals surface area contributed by atoms with Gasteiger partial charge in [-0.25, -0.2) is 0 Å². The summed E-state index contributed by atoms with van der Waals surface area (Å²) in [7, 11) is 2.62. The van der Waals surface area contributed by atoms with Crippen LogP contribution in [0.2, 0.25) is 0 Å². The molecule has 3 rings (SSSR count). The van der Waals surface area contributed by atoms with E-state index in [-0.39, 0.29) is 40.9 Å². The van der Waals surface area contributed by atoms with Gasteiger partial charge in [0.2, 0.25) is 0 Å². The van der Waals surface area contributed by atoms with Gasteiger partial charge >= 0.3 is 12.4 Å². The van der Waals surface area contributed by atoms with Gasteiger partial charge in [-0.2, -0.15) is 26.3 Å². The summed E-state index contributed by atoms with van der Waals surface area (Å²) >= 11 is 0. The van der Waals surface area contributed by atoms with E-state index in [0.717, 1.165) is 30.3 Å². The van der Waals surface area contributed by atoms with Crippen LogP contribution in [-0.2, 0) is 12.4 Å². The topological polar surface area (TPSA) is 99.9 Å². The first kappa shape index (κ1) is 27.3. The highest BCUT2D eigenvalue weighted by Gasteiger charge is 2.32. The Labute approximate surface area is 194 Å². The number of anilines is 3. The van der Waals surface area contributed by atoms with Crippen molar-refractivity contribution in [2.75, 3.05) is 31.9 Å². The molecule has 0 bridgehead atoms. The van der Waals surface area contributed by atoms with E-state index in [1.165, 1.54) is 20.3 Å². The summed E-state index contributed by atoms with van der Waals surface area (Å²) in [5.41, 5.74) is 1.70. The molecular weight excluding hydrogens is 486 g/mol. The van der Waals surface area contributed by atoms with Crippen LogP contribution in [-0.4, -0.2) is 20.8 Å². The lowest BCUT2D eigenvalue weighted by molar-refractivity contribution is -0.138. The van der Waals surface area contributed by atoms with E-state index in [0.29, 0.717) is 0 Å². The van der Waals surface area contributed by atoms with Crippen LogP contribution in [0, 0.1) is 0 Å². The third-order valence-corrected chi connectivity index (χ3v) is 4.50. The highest BCUT2D eigenvalue weighted by Crippen LogP contribution is 2.37. The Balaban J connectivity index is 0.000000283. The summed E-state index contributed by atoms with van der Waals surface area (Å²) < 4.78 is 89.2. The second-order valence-corrected chi connectivity index (χ2v) is 6.79. The lowest BCUT2D eigenvalue weighted by Crippen LogP contribution is -2.35. The third kappa shape index (κ3) is 6.37. The van der Waals surface area contributed by atoms with Gasteiger partial charge in [0, 0.05) is 0 Å². The molecule has 13 heteroatoms. The first-order chi connectivity index (χ1) is 16.2. The molecule has 0 unspecified atom stereocenters. The minimum Gasteiger partial charge on any atom is -0.495 e. The molecule has 3 aromatic rings. The second kappa shape index (κ2) is 10.6. The fourth-order valence-corrected chi connectivity index (χ4v) is 2.79. The van der Waals surface area contributed by atoms with Crippen LogP contribution in [0.15, 0.2) is 46.0 Å². The Bertz CT molecular complexity index is 1250. The summed E-state index contributed by atoms with van der Waals surface area (Å²) in [6.07, 6.45) is -8.90. The standard InChI is InChI=1S/C14H12F3NO4.C8H8F3NO/c1-3-22-13-10(11(19)12(13)20)18-8-6-7(14(15,16)17)4-5-9(8)21-2;1-13-7-3-2-5(4-6(7)12)8(9,10)11/h4-6,18H,3H2,1-2H3;2-4H,12H2,1H3. The molecule has 0 aliphatic carbocycles. The summed E-state index contributed by atoms with van der Waals surface area (Å²) in [5.74, 6) is 0.156. The third-order valence-electron chi connectivity index (χ3n) is 4.50. The van der Waals surface area contributed by atoms with Crippen molar-refractivity contribution in [1.82, 2.24) is 0 Å². The molecule has 190 valence electrons. The number of rotatable bonds is 6. The highest BCUT2D eigenvalue weighted by molar-refractivity contribution is 5.74. The van der Waals surface area contributed by atoms with E-state index < -0.39 is 34.3 Å². The number of ether oxygens (including phenoxy) is 3. The van der Waals surface area contributed by atoms with Gasteiger partial charge in [0.25, 0.3) is 10.9 Å². The number of methoxy groups -OCH3 is 2. The van der Waals surface area contributed by atoms with E-state index in [4.69, 9.17) is 19.9 Å². The van der Waals surface area contributed by atoms with Gasteiger partial charge in [-0.05, 0) is 43.3 Å². The fraction of sp³-hybridized carbons (Fsp3) is 0.273. The van der Waals surface area contributed by atoms with E-state index in [9.17, 15) is 35.9 Å². The Morgan fingerprint density at radius 3 is 1.80 bits per heavy atom. The molecule has 3 aromatic carbocycles. The molecule has 0 aliphatic rings. The molecule has 0 heterocycles. The van der Waals surface area contributed by atoms with Gasteiger partial charge in [-0.1, -0.05) is 0 Å². The SMILES string of the molecule is CCOc1c(Nc2cc(C(F)(F)F)ccc2OC)c(=O)c1=O.COc1ccc(C(F)(F)F)cc1N. The van der Waals surface area contributed by atoms with Crippen LogP contribution < -0.4 is 36.1 Å². The lowest BCUT2D eigenvalue weighted by atomic mass is 10.1. The van der Waals surface area contributed by atoms with Crippen LogP contribution in [0.1, 0.15) is 18.1 Å². The zero-order valence-electron chi connectivity index (χ0n) is 18.6. The highest BCUT2D eigenvalue weighted by atomic mass is 19.4. The van der Waals surface area contributed by atoms with Crippen molar-refractivity contribution in [3.8, 4) is 17.2 Å². The monoisotopic (exact) mass is 506 g/mol. The van der Waals surface area contributed by atoms with Crippen molar-refractivity contribution >= 4 is 17.1 Å². The molecule has 0 amide bonds. The molecule has 0 saturated heterocycles. The molecule has 0 radical (unpaired) electrons. The minimum absolute atomic E-state index is 0.0164. The van der Waals surface area contributed by atoms with Gasteiger partial charge in [0.15, 0.2) is 5.75 Å². The zero-order chi connectivity index (χ0) is 26.6. The van der Waals surface area contributed by atoms with Crippen LogP contribution in [0.4, 0.5) is 43.4 Å². The zero-order valence-corrected chi connectivity index (χ0v) is 18.6. The maximum absolute atomic E-state index is 12.7. The van der Waals surface area contributed by atoms with Gasteiger partial charge < -0.3 is 25.3 Å². The van der Waals surface area contributed by atoms with Crippen LogP contribution in [0.5, 0.6) is 17.2 Å². The molecule has 0 saturated carbocycles. The number of benzene rings is 2. The van der Waals surface area contributed by atoms with Gasteiger partial charge in [-0.3, -0.25) is 9.59 Å². The number of nitrogens with two attached hydrogens (primary N) is 1. The molecule has 0 aliphatic heterocycles. The molecule has 0 spiro atoms. The van der Waals surface area contributed by atoms with Crippen molar-refractivity contribution in [1.29, 1.82) is 0 Å². The Hall–Kier alpha value is -3.90. The van der Waals surface area contributed by atoms with Crippen molar-refractivity contribution in [2.24, 2.45) is 0 Å². The molecule has 7 nitrogen and oxygen atoms in total. The second-order valence-electron chi connectivity index (χ2n) is 6.79. The Kier molecular flexibility index (Phi) is 8.26. The summed E-state index contributed by atoms with van der Waals surface area (Å²) in [5, 5.41) is 2.48. The quantitative estimate of drug-likeness (QED) is 0.283. The molecule has 0 aromatic heterocycles. The maximum atomic E-state index is 12.7. The number of halogens is 6. The first-order valence-corrected chi connectivity index (χ1v) is 9.73. The smallest absolute Gasteiger partial charge is 0.416 e. The predicted molar refractivity (Wildman–Crippen MR) is 116 cm³/mol. The summed E-state index contributed by atoms with van der Waals surface area (Å²) in [6, 6.07) is 5.74. The van der Waals surface area contributed by atoms with E-state index in [2.05, 4.69) is 5.32 Å². The molecular formula is C22H20F6N2O5.